The van der Waals surface area contributed by atoms with Gasteiger partial charge >= 0.3 is 0 Å². The van der Waals surface area contributed by atoms with E-state index in [2.05, 4.69) is 34.5 Å². The number of aromatic nitrogens is 2. The molecule has 0 aliphatic carbocycles. The molecule has 1 saturated heterocycles. The summed E-state index contributed by atoms with van der Waals surface area (Å²) in [6.07, 6.45) is 2.32. The summed E-state index contributed by atoms with van der Waals surface area (Å²) in [5, 5.41) is 7.48. The molecule has 1 aliphatic heterocycles. The molecule has 1 fully saturated rings. The average Bonchev–Trinajstić information content (AvgIpc) is 2.90. The minimum absolute atomic E-state index is 0.390. The molecule has 0 spiro atoms. The SMILES string of the molecule is Cc1ccc(-c2nc([C@H]3CCCNC3)no2)cc1. The Morgan fingerprint density at radius 3 is 2.83 bits per heavy atom. The Morgan fingerprint density at radius 2 is 2.11 bits per heavy atom. The molecule has 94 valence electrons. The molecule has 1 aliphatic rings. The summed E-state index contributed by atoms with van der Waals surface area (Å²) >= 11 is 0. The molecule has 4 heteroatoms. The van der Waals surface area contributed by atoms with Crippen LogP contribution in [0, 0.1) is 6.92 Å². The maximum Gasteiger partial charge on any atom is 0.257 e. The van der Waals surface area contributed by atoms with E-state index >= 15 is 0 Å². The normalized spacial score (nSPS) is 19.9. The van der Waals surface area contributed by atoms with Gasteiger partial charge in [0.25, 0.3) is 5.89 Å². The van der Waals surface area contributed by atoms with Gasteiger partial charge in [-0.3, -0.25) is 0 Å². The zero-order chi connectivity index (χ0) is 12.4. The summed E-state index contributed by atoms with van der Waals surface area (Å²) in [4.78, 5) is 4.52. The lowest BCUT2D eigenvalue weighted by Crippen LogP contribution is -2.28. The Balaban J connectivity index is 1.82. The second-order valence-electron chi connectivity index (χ2n) is 4.87. The van der Waals surface area contributed by atoms with Crippen LogP contribution in [0.5, 0.6) is 0 Å². The van der Waals surface area contributed by atoms with Gasteiger partial charge in [-0.05, 0) is 38.4 Å². The molecule has 4 nitrogen and oxygen atoms in total. The van der Waals surface area contributed by atoms with Crippen LogP contribution in [0.1, 0.15) is 30.1 Å². The Labute approximate surface area is 106 Å². The van der Waals surface area contributed by atoms with Gasteiger partial charge in [0.2, 0.25) is 0 Å². The van der Waals surface area contributed by atoms with Crippen LogP contribution in [0.15, 0.2) is 28.8 Å². The maximum absolute atomic E-state index is 5.35. The topological polar surface area (TPSA) is 51.0 Å². The molecule has 18 heavy (non-hydrogen) atoms. The molecule has 0 amide bonds. The lowest BCUT2D eigenvalue weighted by molar-refractivity contribution is 0.393. The van der Waals surface area contributed by atoms with E-state index in [4.69, 9.17) is 4.52 Å². The van der Waals surface area contributed by atoms with Crippen molar-refractivity contribution < 1.29 is 4.52 Å². The third-order valence-electron chi connectivity index (χ3n) is 3.40. The summed E-state index contributed by atoms with van der Waals surface area (Å²) in [5.74, 6) is 1.84. The molecular formula is C14H17N3O. The smallest absolute Gasteiger partial charge is 0.257 e. The number of nitrogens with zero attached hydrogens (tertiary/aromatic N) is 2. The number of aryl methyl sites for hydroxylation is 1. The molecule has 0 radical (unpaired) electrons. The fourth-order valence-electron chi connectivity index (χ4n) is 2.29. The number of benzene rings is 1. The highest BCUT2D eigenvalue weighted by molar-refractivity contribution is 5.53. The summed E-state index contributed by atoms with van der Waals surface area (Å²) in [6, 6.07) is 8.15. The van der Waals surface area contributed by atoms with Crippen LogP contribution in [-0.2, 0) is 0 Å². The Kier molecular flexibility index (Phi) is 3.11. The molecule has 1 N–H and O–H groups in total. The van der Waals surface area contributed by atoms with E-state index < -0.39 is 0 Å². The number of hydrogen-bond acceptors (Lipinski definition) is 4. The molecule has 3 rings (SSSR count). The first kappa shape index (κ1) is 11.4. The van der Waals surface area contributed by atoms with Gasteiger partial charge in [-0.2, -0.15) is 4.98 Å². The van der Waals surface area contributed by atoms with Gasteiger partial charge in [0.15, 0.2) is 5.82 Å². The molecule has 1 aromatic carbocycles. The summed E-state index contributed by atoms with van der Waals surface area (Å²) in [5.41, 5.74) is 2.22. The van der Waals surface area contributed by atoms with Crippen molar-refractivity contribution in [1.29, 1.82) is 0 Å². The highest BCUT2D eigenvalue weighted by atomic mass is 16.5. The lowest BCUT2D eigenvalue weighted by atomic mass is 9.99. The van der Waals surface area contributed by atoms with Crippen LogP contribution in [0.4, 0.5) is 0 Å². The van der Waals surface area contributed by atoms with Crippen LogP contribution >= 0.6 is 0 Å². The molecule has 0 saturated carbocycles. The Bertz CT molecular complexity index is 512. The summed E-state index contributed by atoms with van der Waals surface area (Å²) < 4.78 is 5.35. The van der Waals surface area contributed by atoms with Crippen LogP contribution in [0.2, 0.25) is 0 Å². The number of nitrogens with one attached hydrogen (secondary N) is 1. The molecule has 1 atom stereocenters. The Morgan fingerprint density at radius 1 is 1.28 bits per heavy atom. The first-order valence-corrected chi connectivity index (χ1v) is 6.44. The molecular weight excluding hydrogens is 226 g/mol. The van der Waals surface area contributed by atoms with E-state index in [-0.39, 0.29) is 0 Å². The van der Waals surface area contributed by atoms with E-state index in [9.17, 15) is 0 Å². The quantitative estimate of drug-likeness (QED) is 0.880. The average molecular weight is 243 g/mol. The zero-order valence-corrected chi connectivity index (χ0v) is 10.5. The number of rotatable bonds is 2. The van der Waals surface area contributed by atoms with Crippen molar-refractivity contribution >= 4 is 0 Å². The molecule has 0 bridgehead atoms. The molecule has 0 unspecified atom stereocenters. The lowest BCUT2D eigenvalue weighted by Gasteiger charge is -2.19. The zero-order valence-electron chi connectivity index (χ0n) is 10.5. The first-order valence-electron chi connectivity index (χ1n) is 6.44. The highest BCUT2D eigenvalue weighted by Crippen LogP contribution is 2.24. The summed E-state index contributed by atoms with van der Waals surface area (Å²) in [7, 11) is 0. The monoisotopic (exact) mass is 243 g/mol. The van der Waals surface area contributed by atoms with E-state index in [1.807, 2.05) is 12.1 Å². The molecule has 2 heterocycles. The van der Waals surface area contributed by atoms with Gasteiger partial charge in [0.1, 0.15) is 0 Å². The standard InChI is InChI=1S/C14H17N3O/c1-10-4-6-11(7-5-10)14-16-13(17-18-14)12-3-2-8-15-9-12/h4-7,12,15H,2-3,8-9H2,1H3/t12-/m0/s1. The van der Waals surface area contributed by atoms with Crippen molar-refractivity contribution in [3.8, 4) is 11.5 Å². The second kappa shape index (κ2) is 4.90. The highest BCUT2D eigenvalue weighted by Gasteiger charge is 2.20. The van der Waals surface area contributed by atoms with E-state index in [1.54, 1.807) is 0 Å². The summed E-state index contributed by atoms with van der Waals surface area (Å²) in [6.45, 7) is 4.11. The predicted molar refractivity (Wildman–Crippen MR) is 69.3 cm³/mol. The molecule has 1 aromatic heterocycles. The second-order valence-corrected chi connectivity index (χ2v) is 4.87. The van der Waals surface area contributed by atoms with Gasteiger partial charge in [0, 0.05) is 18.0 Å². The van der Waals surface area contributed by atoms with E-state index in [0.717, 1.165) is 30.9 Å². The van der Waals surface area contributed by atoms with Crippen LogP contribution in [0.25, 0.3) is 11.5 Å². The Hall–Kier alpha value is -1.68. The minimum Gasteiger partial charge on any atom is -0.334 e. The van der Waals surface area contributed by atoms with Crippen molar-refractivity contribution in [1.82, 2.24) is 15.5 Å². The van der Waals surface area contributed by atoms with E-state index in [1.165, 1.54) is 12.0 Å². The third-order valence-corrected chi connectivity index (χ3v) is 3.40. The van der Waals surface area contributed by atoms with Gasteiger partial charge in [0.05, 0.1) is 0 Å². The van der Waals surface area contributed by atoms with Gasteiger partial charge in [-0.15, -0.1) is 0 Å². The van der Waals surface area contributed by atoms with Crippen molar-refractivity contribution in [3.63, 3.8) is 0 Å². The largest absolute Gasteiger partial charge is 0.334 e. The number of piperidine rings is 1. The van der Waals surface area contributed by atoms with Crippen molar-refractivity contribution in [3.05, 3.63) is 35.7 Å². The predicted octanol–water partition coefficient (Wildman–Crippen LogP) is 2.51. The van der Waals surface area contributed by atoms with Crippen LogP contribution in [-0.4, -0.2) is 23.2 Å². The minimum atomic E-state index is 0.390. The molecule has 2 aromatic rings. The van der Waals surface area contributed by atoms with Gasteiger partial charge in [-0.25, -0.2) is 0 Å². The fourth-order valence-corrected chi connectivity index (χ4v) is 2.29. The van der Waals surface area contributed by atoms with Crippen molar-refractivity contribution in [2.45, 2.75) is 25.7 Å². The fraction of sp³-hybridized carbons (Fsp3) is 0.429. The first-order chi connectivity index (χ1) is 8.83. The van der Waals surface area contributed by atoms with Crippen LogP contribution in [0.3, 0.4) is 0 Å². The van der Waals surface area contributed by atoms with Gasteiger partial charge < -0.3 is 9.84 Å². The van der Waals surface area contributed by atoms with E-state index in [0.29, 0.717) is 11.8 Å². The third kappa shape index (κ3) is 2.29. The van der Waals surface area contributed by atoms with Crippen molar-refractivity contribution in [2.75, 3.05) is 13.1 Å². The maximum atomic E-state index is 5.35. The van der Waals surface area contributed by atoms with Crippen molar-refractivity contribution in [2.24, 2.45) is 0 Å². The number of hydrogen-bond donors (Lipinski definition) is 1. The van der Waals surface area contributed by atoms with Crippen LogP contribution < -0.4 is 5.32 Å². The van der Waals surface area contributed by atoms with Gasteiger partial charge in [-0.1, -0.05) is 22.9 Å².